The van der Waals surface area contributed by atoms with Crippen LogP contribution >= 0.6 is 0 Å². The second-order valence-corrected chi connectivity index (χ2v) is 6.92. The van der Waals surface area contributed by atoms with E-state index in [2.05, 4.69) is 4.98 Å². The molecule has 1 aromatic heterocycles. The smallest absolute Gasteiger partial charge is 0.378 e. The molecule has 0 aromatic carbocycles. The average Bonchev–Trinajstić information content (AvgIpc) is 3.09. The summed E-state index contributed by atoms with van der Waals surface area (Å²) in [6.07, 6.45) is 0.601. The van der Waals surface area contributed by atoms with Crippen molar-refractivity contribution in [3.05, 3.63) is 23.4 Å². The maximum Gasteiger partial charge on any atom is 0.433 e. The Morgan fingerprint density at radius 3 is 2.60 bits per heavy atom. The summed E-state index contributed by atoms with van der Waals surface area (Å²) in [7, 11) is 1.75. The molecule has 2 atom stereocenters. The fraction of sp³-hybridized carbons (Fsp3) is 0.667. The average molecular weight is 353 g/mol. The van der Waals surface area contributed by atoms with Gasteiger partial charge in [0.15, 0.2) is 0 Å². The number of pyridine rings is 1. The zero-order valence-electron chi connectivity index (χ0n) is 14.4. The Bertz CT molecular complexity index is 677. The van der Waals surface area contributed by atoms with Gasteiger partial charge in [0, 0.05) is 25.1 Å². The Kier molecular flexibility index (Phi) is 4.67. The number of nitriles is 1. The highest BCUT2D eigenvalue weighted by Crippen LogP contribution is 2.57. The van der Waals surface area contributed by atoms with Crippen molar-refractivity contribution in [2.45, 2.75) is 57.3 Å². The van der Waals surface area contributed by atoms with Gasteiger partial charge in [0.1, 0.15) is 17.6 Å². The molecule has 0 saturated heterocycles. The highest BCUT2D eigenvalue weighted by atomic mass is 19.4. The molecule has 1 heterocycles. The summed E-state index contributed by atoms with van der Waals surface area (Å²) in [4.78, 5) is 5.55. The molecule has 0 N–H and O–H groups in total. The van der Waals surface area contributed by atoms with Crippen LogP contribution in [-0.2, 0) is 10.9 Å². The fourth-order valence-electron chi connectivity index (χ4n) is 4.50. The minimum Gasteiger partial charge on any atom is -0.378 e. The molecule has 136 valence electrons. The minimum absolute atomic E-state index is 0.0343. The second-order valence-electron chi connectivity index (χ2n) is 6.92. The number of anilines is 1. The van der Waals surface area contributed by atoms with Crippen LogP contribution in [0.15, 0.2) is 12.1 Å². The fourth-order valence-corrected chi connectivity index (χ4v) is 4.50. The van der Waals surface area contributed by atoms with E-state index in [4.69, 9.17) is 4.74 Å². The quantitative estimate of drug-likeness (QED) is 0.816. The van der Waals surface area contributed by atoms with E-state index in [1.165, 1.54) is 6.07 Å². The molecule has 1 aromatic rings. The van der Waals surface area contributed by atoms with Crippen LogP contribution in [-0.4, -0.2) is 30.8 Å². The molecule has 25 heavy (non-hydrogen) atoms. The van der Waals surface area contributed by atoms with Crippen LogP contribution in [0.25, 0.3) is 0 Å². The predicted molar refractivity (Wildman–Crippen MR) is 87.1 cm³/mol. The number of rotatable bonds is 4. The van der Waals surface area contributed by atoms with E-state index in [1.54, 1.807) is 11.9 Å². The van der Waals surface area contributed by atoms with Gasteiger partial charge in [-0.2, -0.15) is 18.4 Å². The number of hydrogen-bond donors (Lipinski definition) is 0. The third kappa shape index (κ3) is 2.97. The highest BCUT2D eigenvalue weighted by molar-refractivity contribution is 5.55. The maximum absolute atomic E-state index is 13.0. The van der Waals surface area contributed by atoms with Gasteiger partial charge in [-0.3, -0.25) is 0 Å². The van der Waals surface area contributed by atoms with Gasteiger partial charge in [-0.1, -0.05) is 12.8 Å². The Balaban J connectivity index is 1.93. The van der Waals surface area contributed by atoms with Crippen LogP contribution in [0.4, 0.5) is 19.0 Å². The summed E-state index contributed by atoms with van der Waals surface area (Å²) in [5, 5.41) is 9.30. The van der Waals surface area contributed by atoms with E-state index in [0.717, 1.165) is 38.2 Å². The molecular weight excluding hydrogens is 331 g/mol. The molecule has 2 unspecified atom stereocenters. The molecule has 0 bridgehead atoms. The topological polar surface area (TPSA) is 49.1 Å². The van der Waals surface area contributed by atoms with Crippen LogP contribution < -0.4 is 4.90 Å². The number of nitrogens with zero attached hydrogens (tertiary/aromatic N) is 3. The number of hydrogen-bond acceptors (Lipinski definition) is 4. The third-order valence-corrected chi connectivity index (χ3v) is 5.73. The number of alkyl halides is 3. The number of halogens is 3. The molecule has 3 rings (SSSR count). The van der Waals surface area contributed by atoms with E-state index in [1.807, 2.05) is 13.0 Å². The first-order valence-corrected chi connectivity index (χ1v) is 8.66. The molecule has 2 fully saturated rings. The summed E-state index contributed by atoms with van der Waals surface area (Å²) >= 11 is 0. The Labute approximate surface area is 145 Å². The molecule has 1 spiro atoms. The monoisotopic (exact) mass is 353 g/mol. The van der Waals surface area contributed by atoms with Gasteiger partial charge in [0.25, 0.3) is 0 Å². The first kappa shape index (κ1) is 18.0. The van der Waals surface area contributed by atoms with Gasteiger partial charge in [-0.15, -0.1) is 0 Å². The van der Waals surface area contributed by atoms with Crippen LogP contribution in [0.2, 0.25) is 0 Å². The van der Waals surface area contributed by atoms with Crippen molar-refractivity contribution < 1.29 is 17.9 Å². The van der Waals surface area contributed by atoms with Gasteiger partial charge in [-0.05, 0) is 38.3 Å². The van der Waals surface area contributed by atoms with Gasteiger partial charge >= 0.3 is 6.18 Å². The van der Waals surface area contributed by atoms with Gasteiger partial charge in [0.05, 0.1) is 11.7 Å². The summed E-state index contributed by atoms with van der Waals surface area (Å²) in [6.45, 7) is 2.59. The summed E-state index contributed by atoms with van der Waals surface area (Å²) in [5.41, 5.74) is -0.828. The highest BCUT2D eigenvalue weighted by Gasteiger charge is 2.58. The van der Waals surface area contributed by atoms with E-state index < -0.39 is 11.9 Å². The normalized spacial score (nSPS) is 24.8. The van der Waals surface area contributed by atoms with Crippen molar-refractivity contribution in [1.82, 2.24) is 4.98 Å². The maximum atomic E-state index is 13.0. The predicted octanol–water partition coefficient (Wildman–Crippen LogP) is 4.15. The van der Waals surface area contributed by atoms with E-state index >= 15 is 0 Å². The second kappa shape index (κ2) is 6.49. The Hall–Kier alpha value is -1.81. The molecule has 0 radical (unpaired) electrons. The zero-order chi connectivity index (χ0) is 18.2. The SMILES string of the molecule is CCOC1CC(N(C)c2nc(C(F)(F)F)ccc2C#N)C12CCCC2. The van der Waals surface area contributed by atoms with Crippen LogP contribution in [0.5, 0.6) is 0 Å². The molecule has 2 aliphatic carbocycles. The molecule has 2 saturated carbocycles. The van der Waals surface area contributed by atoms with E-state index in [9.17, 15) is 18.4 Å². The lowest BCUT2D eigenvalue weighted by Crippen LogP contribution is -2.63. The lowest BCUT2D eigenvalue weighted by molar-refractivity contribution is -0.141. The molecule has 0 aliphatic heterocycles. The van der Waals surface area contributed by atoms with E-state index in [0.29, 0.717) is 6.61 Å². The van der Waals surface area contributed by atoms with Gasteiger partial charge in [0.2, 0.25) is 0 Å². The molecule has 0 amide bonds. The van der Waals surface area contributed by atoms with E-state index in [-0.39, 0.29) is 28.9 Å². The van der Waals surface area contributed by atoms with Crippen molar-refractivity contribution >= 4 is 5.82 Å². The van der Waals surface area contributed by atoms with Crippen LogP contribution in [0.3, 0.4) is 0 Å². The van der Waals surface area contributed by atoms with Gasteiger partial charge in [-0.25, -0.2) is 4.98 Å². The van der Waals surface area contributed by atoms with Crippen molar-refractivity contribution in [1.29, 1.82) is 5.26 Å². The van der Waals surface area contributed by atoms with Crippen molar-refractivity contribution in [3.63, 3.8) is 0 Å². The summed E-state index contributed by atoms with van der Waals surface area (Å²) in [5.74, 6) is 0.114. The first-order chi connectivity index (χ1) is 11.8. The minimum atomic E-state index is -4.53. The van der Waals surface area contributed by atoms with Crippen LogP contribution in [0.1, 0.15) is 50.3 Å². The molecule has 7 heteroatoms. The first-order valence-electron chi connectivity index (χ1n) is 8.66. The molecular formula is C18H22F3N3O. The standard InChI is InChI=1S/C18H22F3N3O/c1-3-25-15-10-14(17(15)8-4-5-9-17)24(2)16-12(11-22)6-7-13(23-16)18(19,20)21/h6-7,14-15H,3-5,8-10H2,1-2H3. The lowest BCUT2D eigenvalue weighted by Gasteiger charge is -2.57. The van der Waals surface area contributed by atoms with Gasteiger partial charge < -0.3 is 9.64 Å². The third-order valence-electron chi connectivity index (χ3n) is 5.73. The molecule has 4 nitrogen and oxygen atoms in total. The van der Waals surface area contributed by atoms with Crippen LogP contribution in [0, 0.1) is 16.7 Å². The van der Waals surface area contributed by atoms with Crippen molar-refractivity contribution in [2.24, 2.45) is 5.41 Å². The van der Waals surface area contributed by atoms with Crippen molar-refractivity contribution in [3.8, 4) is 6.07 Å². The lowest BCUT2D eigenvalue weighted by atomic mass is 9.60. The summed E-state index contributed by atoms with van der Waals surface area (Å²) in [6, 6.07) is 4.10. The molecule has 2 aliphatic rings. The summed E-state index contributed by atoms with van der Waals surface area (Å²) < 4.78 is 45.0. The zero-order valence-corrected chi connectivity index (χ0v) is 14.4. The number of ether oxygens (including phenoxy) is 1. The Morgan fingerprint density at radius 1 is 1.36 bits per heavy atom. The largest absolute Gasteiger partial charge is 0.433 e. The van der Waals surface area contributed by atoms with Crippen molar-refractivity contribution in [2.75, 3.05) is 18.6 Å². The number of aromatic nitrogens is 1. The Morgan fingerprint density at radius 2 is 2.04 bits per heavy atom.